The molecule has 0 saturated carbocycles. The van der Waals surface area contributed by atoms with Crippen LogP contribution in [0.1, 0.15) is 40.0 Å². The van der Waals surface area contributed by atoms with Crippen LogP contribution in [0.3, 0.4) is 0 Å². The summed E-state index contributed by atoms with van der Waals surface area (Å²) < 4.78 is 11.5. The normalized spacial score (nSPS) is 11.1. The minimum Gasteiger partial charge on any atom is -0.383 e. The van der Waals surface area contributed by atoms with Gasteiger partial charge in [-0.15, -0.1) is 0 Å². The molecule has 0 atom stereocenters. The summed E-state index contributed by atoms with van der Waals surface area (Å²) in [7, 11) is 1.54. The number of hydrogen-bond acceptors (Lipinski definition) is 6. The fraction of sp³-hybridized carbons (Fsp3) is 0.722. The maximum absolute atomic E-state index is 12.7. The Kier molecular flexibility index (Phi) is 9.81. The highest BCUT2D eigenvalue weighted by Gasteiger charge is 2.24. The van der Waals surface area contributed by atoms with Gasteiger partial charge < -0.3 is 20.1 Å². The van der Waals surface area contributed by atoms with Crippen molar-refractivity contribution in [3.63, 3.8) is 0 Å². The number of aromatic nitrogens is 2. The number of nitrogens with zero attached hydrogens (tertiary/aromatic N) is 2. The molecule has 1 aromatic heterocycles. The lowest BCUT2D eigenvalue weighted by molar-refractivity contribution is -0.123. The van der Waals surface area contributed by atoms with Crippen molar-refractivity contribution in [2.45, 2.75) is 46.6 Å². The van der Waals surface area contributed by atoms with E-state index in [1.54, 1.807) is 7.11 Å². The predicted octanol–water partition coefficient (Wildman–Crippen LogP) is 0.961. The number of nitrogens with one attached hydrogen (secondary N) is 1. The summed E-state index contributed by atoms with van der Waals surface area (Å²) in [6, 6.07) is 0. The van der Waals surface area contributed by atoms with Crippen LogP contribution in [0, 0.1) is 5.92 Å². The third-order valence-electron chi connectivity index (χ3n) is 4.11. The van der Waals surface area contributed by atoms with Crippen molar-refractivity contribution in [3.05, 3.63) is 20.8 Å². The van der Waals surface area contributed by atoms with Gasteiger partial charge in [-0.3, -0.25) is 19.1 Å². The van der Waals surface area contributed by atoms with Gasteiger partial charge in [-0.2, -0.15) is 0 Å². The van der Waals surface area contributed by atoms with E-state index in [1.165, 1.54) is 9.47 Å². The second-order valence-corrected chi connectivity index (χ2v) is 6.77. The molecular weight excluding hydrogens is 352 g/mol. The fourth-order valence-corrected chi connectivity index (χ4v) is 2.50. The van der Waals surface area contributed by atoms with Gasteiger partial charge in [-0.05, 0) is 18.8 Å². The van der Waals surface area contributed by atoms with E-state index in [0.29, 0.717) is 32.0 Å². The molecule has 1 amide bonds. The Bertz CT molecular complexity index is 711. The lowest BCUT2D eigenvalue weighted by Crippen LogP contribution is -2.43. The number of amides is 1. The standard InChI is InChI=1S/C18H32N4O5/c1-5-6-8-22-16(19)15(17(24)20-18(22)25)21(9-7-13(2)3)14(23)12-27-11-10-26-4/h13H,5-12,19H2,1-4H3,(H,20,24,25). The third kappa shape index (κ3) is 6.84. The molecule has 0 radical (unpaired) electrons. The fourth-order valence-electron chi connectivity index (χ4n) is 2.50. The highest BCUT2D eigenvalue weighted by atomic mass is 16.5. The summed E-state index contributed by atoms with van der Waals surface area (Å²) in [5.41, 5.74) is 4.91. The molecular formula is C18H32N4O5. The summed E-state index contributed by atoms with van der Waals surface area (Å²) in [6.45, 7) is 7.15. The summed E-state index contributed by atoms with van der Waals surface area (Å²) in [5, 5.41) is 0. The van der Waals surface area contributed by atoms with E-state index in [9.17, 15) is 14.4 Å². The zero-order valence-corrected chi connectivity index (χ0v) is 16.7. The average molecular weight is 384 g/mol. The average Bonchev–Trinajstić information content (AvgIpc) is 2.60. The highest BCUT2D eigenvalue weighted by molar-refractivity contribution is 5.96. The van der Waals surface area contributed by atoms with E-state index in [1.807, 2.05) is 20.8 Å². The van der Waals surface area contributed by atoms with Crippen molar-refractivity contribution >= 4 is 17.4 Å². The van der Waals surface area contributed by atoms with E-state index < -0.39 is 11.2 Å². The van der Waals surface area contributed by atoms with E-state index in [4.69, 9.17) is 15.2 Å². The van der Waals surface area contributed by atoms with Gasteiger partial charge in [0.25, 0.3) is 11.5 Å². The Balaban J connectivity index is 3.21. The van der Waals surface area contributed by atoms with Crippen molar-refractivity contribution in [3.8, 4) is 0 Å². The van der Waals surface area contributed by atoms with Crippen LogP contribution < -0.4 is 21.9 Å². The van der Waals surface area contributed by atoms with Crippen molar-refractivity contribution < 1.29 is 14.3 Å². The Morgan fingerprint density at radius 3 is 2.59 bits per heavy atom. The number of hydrogen-bond donors (Lipinski definition) is 2. The molecule has 0 aliphatic heterocycles. The number of aromatic amines is 1. The van der Waals surface area contributed by atoms with Gasteiger partial charge in [0, 0.05) is 20.2 Å². The Morgan fingerprint density at radius 1 is 1.30 bits per heavy atom. The minimum absolute atomic E-state index is 0.00574. The van der Waals surface area contributed by atoms with Crippen LogP contribution in [0.25, 0.3) is 0 Å². The molecule has 1 rings (SSSR count). The maximum Gasteiger partial charge on any atom is 0.330 e. The lowest BCUT2D eigenvalue weighted by atomic mass is 10.1. The Hall–Kier alpha value is -2.13. The van der Waals surface area contributed by atoms with E-state index in [0.717, 1.165) is 12.8 Å². The number of H-pyrrole nitrogens is 1. The maximum atomic E-state index is 12.7. The van der Waals surface area contributed by atoms with Crippen molar-refractivity contribution in [1.82, 2.24) is 9.55 Å². The van der Waals surface area contributed by atoms with Crippen LogP contribution in [-0.2, 0) is 20.8 Å². The number of methoxy groups -OCH3 is 1. The first-order valence-corrected chi connectivity index (χ1v) is 9.33. The molecule has 0 aromatic carbocycles. The van der Waals surface area contributed by atoms with E-state index in [2.05, 4.69) is 4.98 Å². The number of unbranched alkanes of at least 4 members (excludes halogenated alkanes) is 1. The molecule has 0 fully saturated rings. The molecule has 0 aliphatic carbocycles. The monoisotopic (exact) mass is 384 g/mol. The molecule has 0 saturated heterocycles. The van der Waals surface area contributed by atoms with Crippen LogP contribution >= 0.6 is 0 Å². The van der Waals surface area contributed by atoms with Crippen LogP contribution in [0.15, 0.2) is 9.59 Å². The van der Waals surface area contributed by atoms with Crippen molar-refractivity contribution in [1.29, 1.82) is 0 Å². The molecule has 0 spiro atoms. The molecule has 9 heteroatoms. The van der Waals surface area contributed by atoms with Crippen molar-refractivity contribution in [2.75, 3.05) is 44.1 Å². The van der Waals surface area contributed by atoms with Crippen LogP contribution in [0.4, 0.5) is 11.5 Å². The summed E-state index contributed by atoms with van der Waals surface area (Å²) in [6.07, 6.45) is 2.27. The number of carbonyl (C=O) groups is 1. The van der Waals surface area contributed by atoms with Crippen LogP contribution in [-0.4, -0.2) is 48.9 Å². The largest absolute Gasteiger partial charge is 0.383 e. The highest BCUT2D eigenvalue weighted by Crippen LogP contribution is 2.19. The zero-order chi connectivity index (χ0) is 20.4. The number of rotatable bonds is 12. The van der Waals surface area contributed by atoms with Gasteiger partial charge in [0.15, 0.2) is 5.69 Å². The van der Waals surface area contributed by atoms with Gasteiger partial charge in [0.1, 0.15) is 12.4 Å². The quantitative estimate of drug-likeness (QED) is 0.518. The Labute approximate surface area is 159 Å². The number of ether oxygens (including phenoxy) is 2. The smallest absolute Gasteiger partial charge is 0.330 e. The molecule has 1 heterocycles. The second-order valence-electron chi connectivity index (χ2n) is 6.77. The molecule has 27 heavy (non-hydrogen) atoms. The molecule has 9 nitrogen and oxygen atoms in total. The molecule has 154 valence electrons. The lowest BCUT2D eigenvalue weighted by Gasteiger charge is -2.25. The first-order valence-electron chi connectivity index (χ1n) is 9.33. The number of carbonyl (C=O) groups excluding carboxylic acids is 1. The molecule has 0 bridgehead atoms. The summed E-state index contributed by atoms with van der Waals surface area (Å²) in [5.74, 6) is -0.0585. The predicted molar refractivity (Wildman–Crippen MR) is 105 cm³/mol. The van der Waals surface area contributed by atoms with Crippen LogP contribution in [0.2, 0.25) is 0 Å². The van der Waals surface area contributed by atoms with Crippen molar-refractivity contribution in [2.24, 2.45) is 5.92 Å². The van der Waals surface area contributed by atoms with Gasteiger partial charge >= 0.3 is 5.69 Å². The van der Waals surface area contributed by atoms with Gasteiger partial charge in [-0.25, -0.2) is 4.79 Å². The Morgan fingerprint density at radius 2 is 2.00 bits per heavy atom. The van der Waals surface area contributed by atoms with Gasteiger partial charge in [0.05, 0.1) is 13.2 Å². The van der Waals surface area contributed by atoms with Crippen LogP contribution in [0.5, 0.6) is 0 Å². The minimum atomic E-state index is -0.667. The van der Waals surface area contributed by atoms with E-state index in [-0.39, 0.29) is 30.6 Å². The molecule has 3 N–H and O–H groups in total. The van der Waals surface area contributed by atoms with Gasteiger partial charge in [0.2, 0.25) is 0 Å². The number of anilines is 2. The van der Waals surface area contributed by atoms with E-state index >= 15 is 0 Å². The SMILES string of the molecule is CCCCn1c(N)c(N(CCC(C)C)C(=O)COCCOC)c(=O)[nH]c1=O. The molecule has 1 aromatic rings. The first kappa shape index (κ1) is 22.9. The van der Waals surface area contributed by atoms with Gasteiger partial charge in [-0.1, -0.05) is 27.2 Å². The topological polar surface area (TPSA) is 120 Å². The first-order chi connectivity index (χ1) is 12.8. The number of nitrogens with two attached hydrogens (primary N) is 1. The zero-order valence-electron chi connectivity index (χ0n) is 16.7. The molecule has 0 aliphatic rings. The molecule has 0 unspecified atom stereocenters. The summed E-state index contributed by atoms with van der Waals surface area (Å²) >= 11 is 0. The summed E-state index contributed by atoms with van der Waals surface area (Å²) in [4.78, 5) is 40.9. The number of nitrogen functional groups attached to an aromatic ring is 1. The second kappa shape index (κ2) is 11.6. The third-order valence-corrected chi connectivity index (χ3v) is 4.11.